The summed E-state index contributed by atoms with van der Waals surface area (Å²) in [5.74, 6) is 1.00. The van der Waals surface area contributed by atoms with E-state index in [1.807, 2.05) is 4.90 Å². The normalized spacial score (nSPS) is 20.6. The van der Waals surface area contributed by atoms with Gasteiger partial charge in [-0.2, -0.15) is 13.2 Å². The number of hydrogen-bond donors (Lipinski definition) is 0. The topological polar surface area (TPSA) is 75.2 Å². The molecule has 2 aromatic rings. The number of carbonyl (C=O) groups is 2. The van der Waals surface area contributed by atoms with Gasteiger partial charge in [0, 0.05) is 57.1 Å². The second-order valence-electron chi connectivity index (χ2n) is 8.45. The van der Waals surface area contributed by atoms with Gasteiger partial charge in [0.2, 0.25) is 11.8 Å². The molecule has 34 heavy (non-hydrogen) atoms. The van der Waals surface area contributed by atoms with Gasteiger partial charge in [-0.25, -0.2) is 4.98 Å². The van der Waals surface area contributed by atoms with E-state index in [9.17, 15) is 22.8 Å². The molecule has 5 rings (SSSR count). The molecule has 0 bridgehead atoms. The minimum Gasteiger partial charge on any atom is -0.486 e. The summed E-state index contributed by atoms with van der Waals surface area (Å²) in [5, 5.41) is 0. The Kier molecular flexibility index (Phi) is 5.70. The van der Waals surface area contributed by atoms with Crippen LogP contribution in [0.4, 0.5) is 24.7 Å². The monoisotopic (exact) mass is 476 g/mol. The van der Waals surface area contributed by atoms with Gasteiger partial charge in [-0.3, -0.25) is 9.59 Å². The highest BCUT2D eigenvalue weighted by atomic mass is 19.4. The molecule has 2 saturated heterocycles. The molecule has 0 aliphatic carbocycles. The summed E-state index contributed by atoms with van der Waals surface area (Å²) in [6.07, 6.45) is -3.47. The predicted molar refractivity (Wildman–Crippen MR) is 116 cm³/mol. The van der Waals surface area contributed by atoms with Gasteiger partial charge in [-0.1, -0.05) is 0 Å². The van der Waals surface area contributed by atoms with E-state index in [4.69, 9.17) is 9.47 Å². The summed E-state index contributed by atoms with van der Waals surface area (Å²) in [5.41, 5.74) is -0.124. The zero-order chi connectivity index (χ0) is 23.9. The van der Waals surface area contributed by atoms with Gasteiger partial charge in [-0.05, 0) is 24.3 Å². The smallest absolute Gasteiger partial charge is 0.417 e. The lowest BCUT2D eigenvalue weighted by Gasteiger charge is -2.36. The third kappa shape index (κ3) is 4.34. The average Bonchev–Trinajstić information content (AvgIpc) is 3.24. The van der Waals surface area contributed by atoms with Crippen LogP contribution in [0.3, 0.4) is 0 Å². The summed E-state index contributed by atoms with van der Waals surface area (Å²) in [4.78, 5) is 34.9. The maximum absolute atomic E-state index is 13.1. The Hall–Kier alpha value is -3.50. The lowest BCUT2D eigenvalue weighted by atomic mass is 10.1. The molecule has 1 atom stereocenters. The number of piperazine rings is 1. The molecule has 180 valence electrons. The zero-order valence-corrected chi connectivity index (χ0v) is 18.3. The predicted octanol–water partition coefficient (Wildman–Crippen LogP) is 2.57. The van der Waals surface area contributed by atoms with E-state index < -0.39 is 17.7 Å². The van der Waals surface area contributed by atoms with E-state index >= 15 is 0 Å². The number of hydrogen-bond acceptors (Lipinski definition) is 6. The Labute approximate surface area is 193 Å². The molecule has 2 amide bonds. The van der Waals surface area contributed by atoms with Gasteiger partial charge in [0.15, 0.2) is 11.5 Å². The number of benzene rings is 1. The number of nitrogens with zero attached hydrogens (tertiary/aromatic N) is 4. The lowest BCUT2D eigenvalue weighted by Crippen LogP contribution is -2.51. The quantitative estimate of drug-likeness (QED) is 0.678. The van der Waals surface area contributed by atoms with Crippen molar-refractivity contribution in [3.05, 3.63) is 42.1 Å². The van der Waals surface area contributed by atoms with Gasteiger partial charge < -0.3 is 24.2 Å². The summed E-state index contributed by atoms with van der Waals surface area (Å²) >= 11 is 0. The maximum Gasteiger partial charge on any atom is 0.417 e. The highest BCUT2D eigenvalue weighted by molar-refractivity contribution is 6.00. The van der Waals surface area contributed by atoms with Crippen molar-refractivity contribution in [3.8, 4) is 11.5 Å². The molecule has 4 heterocycles. The molecule has 1 aromatic carbocycles. The van der Waals surface area contributed by atoms with Crippen molar-refractivity contribution in [2.24, 2.45) is 5.92 Å². The minimum absolute atomic E-state index is 0.0894. The Morgan fingerprint density at radius 2 is 1.74 bits per heavy atom. The van der Waals surface area contributed by atoms with Crippen molar-refractivity contribution in [1.82, 2.24) is 9.88 Å². The summed E-state index contributed by atoms with van der Waals surface area (Å²) < 4.78 is 49.4. The Morgan fingerprint density at radius 3 is 2.41 bits per heavy atom. The van der Waals surface area contributed by atoms with E-state index in [-0.39, 0.29) is 24.8 Å². The minimum atomic E-state index is -4.43. The fourth-order valence-electron chi connectivity index (χ4n) is 4.48. The van der Waals surface area contributed by atoms with Crippen LogP contribution in [0.1, 0.15) is 12.0 Å². The van der Waals surface area contributed by atoms with E-state index in [2.05, 4.69) is 4.98 Å². The molecule has 0 unspecified atom stereocenters. The molecule has 0 N–H and O–H groups in total. The summed E-state index contributed by atoms with van der Waals surface area (Å²) in [6.45, 7) is 2.95. The lowest BCUT2D eigenvalue weighted by molar-refractivity contribution is -0.138. The number of amides is 2. The number of halogens is 3. The first kappa shape index (κ1) is 22.3. The molecule has 3 aliphatic rings. The van der Waals surface area contributed by atoms with Gasteiger partial charge in [0.1, 0.15) is 19.0 Å². The van der Waals surface area contributed by atoms with Crippen LogP contribution in [0.25, 0.3) is 0 Å². The molecule has 8 nitrogen and oxygen atoms in total. The molecule has 0 spiro atoms. The first-order valence-electron chi connectivity index (χ1n) is 11.1. The standard InChI is InChI=1S/C23H23F3N4O4/c24-23(25,26)16-1-4-20(27-13-16)28-5-7-29(8-6-28)22(32)15-11-21(31)30(14-15)17-2-3-18-19(12-17)34-10-9-33-18/h1-4,12-13,15H,5-11,14H2/t15-/m1/s1. The molecule has 11 heteroatoms. The van der Waals surface area contributed by atoms with E-state index in [0.717, 1.165) is 12.3 Å². The fraction of sp³-hybridized carbons (Fsp3) is 0.435. The molecule has 0 saturated carbocycles. The van der Waals surface area contributed by atoms with Crippen molar-refractivity contribution < 1.29 is 32.2 Å². The van der Waals surface area contributed by atoms with Crippen molar-refractivity contribution >= 4 is 23.3 Å². The van der Waals surface area contributed by atoms with Crippen LogP contribution in [0, 0.1) is 5.92 Å². The number of fused-ring (bicyclic) bond motifs is 1. The number of carbonyl (C=O) groups excluding carboxylic acids is 2. The molecule has 3 aliphatic heterocycles. The zero-order valence-electron chi connectivity index (χ0n) is 18.3. The number of anilines is 2. The number of alkyl halides is 3. The van der Waals surface area contributed by atoms with Crippen molar-refractivity contribution in [1.29, 1.82) is 0 Å². The summed E-state index contributed by atoms with van der Waals surface area (Å²) in [6, 6.07) is 7.67. The highest BCUT2D eigenvalue weighted by Gasteiger charge is 2.38. The third-order valence-electron chi connectivity index (χ3n) is 6.30. The van der Waals surface area contributed by atoms with Crippen LogP contribution >= 0.6 is 0 Å². The molecular formula is C23H23F3N4O4. The third-order valence-corrected chi connectivity index (χ3v) is 6.30. The van der Waals surface area contributed by atoms with Crippen LogP contribution in [-0.2, 0) is 15.8 Å². The van der Waals surface area contributed by atoms with Crippen molar-refractivity contribution in [2.75, 3.05) is 55.7 Å². The number of ether oxygens (including phenoxy) is 2. The van der Waals surface area contributed by atoms with Crippen LogP contribution in [-0.4, -0.2) is 67.6 Å². The van der Waals surface area contributed by atoms with Gasteiger partial charge >= 0.3 is 6.18 Å². The van der Waals surface area contributed by atoms with Crippen LogP contribution < -0.4 is 19.3 Å². The molecular weight excluding hydrogens is 453 g/mol. The highest BCUT2D eigenvalue weighted by Crippen LogP contribution is 2.36. The Balaban J connectivity index is 1.19. The number of aromatic nitrogens is 1. The first-order chi connectivity index (χ1) is 16.3. The van der Waals surface area contributed by atoms with Gasteiger partial charge in [0.05, 0.1) is 11.5 Å². The van der Waals surface area contributed by atoms with E-state index in [0.29, 0.717) is 62.4 Å². The second-order valence-corrected chi connectivity index (χ2v) is 8.45. The fourth-order valence-corrected chi connectivity index (χ4v) is 4.48. The summed E-state index contributed by atoms with van der Waals surface area (Å²) in [7, 11) is 0. The maximum atomic E-state index is 13.1. The average molecular weight is 476 g/mol. The number of rotatable bonds is 3. The largest absolute Gasteiger partial charge is 0.486 e. The van der Waals surface area contributed by atoms with E-state index in [1.54, 1.807) is 28.0 Å². The number of pyridine rings is 1. The van der Waals surface area contributed by atoms with Crippen LogP contribution in [0.2, 0.25) is 0 Å². The van der Waals surface area contributed by atoms with Crippen LogP contribution in [0.5, 0.6) is 11.5 Å². The first-order valence-corrected chi connectivity index (χ1v) is 11.1. The van der Waals surface area contributed by atoms with Crippen molar-refractivity contribution in [2.45, 2.75) is 12.6 Å². The Morgan fingerprint density at radius 1 is 1.00 bits per heavy atom. The van der Waals surface area contributed by atoms with Crippen LogP contribution in [0.15, 0.2) is 36.5 Å². The van der Waals surface area contributed by atoms with Crippen molar-refractivity contribution in [3.63, 3.8) is 0 Å². The second kappa shape index (κ2) is 8.69. The SMILES string of the molecule is O=C([C@@H]1CC(=O)N(c2ccc3c(c2)OCCO3)C1)N1CCN(c2ccc(C(F)(F)F)cn2)CC1. The molecule has 1 aromatic heterocycles. The molecule has 2 fully saturated rings. The van der Waals surface area contributed by atoms with Gasteiger partial charge in [0.25, 0.3) is 0 Å². The van der Waals surface area contributed by atoms with Gasteiger partial charge in [-0.15, -0.1) is 0 Å². The Bertz CT molecular complexity index is 1080. The molecule has 0 radical (unpaired) electrons. The van der Waals surface area contributed by atoms with E-state index in [1.165, 1.54) is 6.07 Å².